The third-order valence-electron chi connectivity index (χ3n) is 6.15. The number of Topliss-reactive ketones (excluding diaryl/α,β-unsaturated/α-hetero) is 1. The van der Waals surface area contributed by atoms with Crippen molar-refractivity contribution in [3.8, 4) is 5.69 Å². The number of carbonyl (C=O) groups excluding carboxylic acids is 1. The first-order chi connectivity index (χ1) is 16.4. The molecule has 34 heavy (non-hydrogen) atoms. The monoisotopic (exact) mass is 478 g/mol. The highest BCUT2D eigenvalue weighted by molar-refractivity contribution is 6.30. The highest BCUT2D eigenvalue weighted by Crippen LogP contribution is 2.19. The summed E-state index contributed by atoms with van der Waals surface area (Å²) in [5, 5.41) is 0.531. The highest BCUT2D eigenvalue weighted by Gasteiger charge is 2.24. The molecule has 2 aromatic heterocycles. The van der Waals surface area contributed by atoms with Gasteiger partial charge in [-0.05, 0) is 55.7 Å². The summed E-state index contributed by atoms with van der Waals surface area (Å²) in [4.78, 5) is 44.5. The normalized spacial score (nSPS) is 15.8. The molecule has 4 aromatic rings. The number of hydrogen-bond donors (Lipinski definition) is 0. The number of hydrogen-bond acceptors (Lipinski definition) is 5. The fraction of sp³-hybridized carbons (Fsp3) is 0.280. The molecule has 1 aliphatic rings. The highest BCUT2D eigenvalue weighted by atomic mass is 35.5. The first kappa shape index (κ1) is 22.3. The van der Waals surface area contributed by atoms with E-state index in [0.29, 0.717) is 22.9 Å². The predicted octanol–water partition coefficient (Wildman–Crippen LogP) is 3.37. The fourth-order valence-corrected chi connectivity index (χ4v) is 4.49. The molecule has 1 saturated heterocycles. The molecule has 0 unspecified atom stereocenters. The number of ether oxygens (including phenoxy) is 1. The van der Waals surface area contributed by atoms with Gasteiger partial charge in [0.15, 0.2) is 16.9 Å². The summed E-state index contributed by atoms with van der Waals surface area (Å²) in [6.45, 7) is 2.56. The van der Waals surface area contributed by atoms with Gasteiger partial charge in [0.05, 0.1) is 31.2 Å². The predicted molar refractivity (Wildman–Crippen MR) is 129 cm³/mol. The number of ketones is 1. The van der Waals surface area contributed by atoms with E-state index in [-0.39, 0.29) is 36.1 Å². The SMILES string of the molecule is Cc1ccccc1-n1c(=O)n(C[C@@H]2CCCO2)c(=O)c2c1ncn2CC(=O)c1ccc(Cl)cc1. The Kier molecular flexibility index (Phi) is 5.93. The zero-order chi connectivity index (χ0) is 23.8. The van der Waals surface area contributed by atoms with Crippen LogP contribution in [0.15, 0.2) is 64.4 Å². The summed E-state index contributed by atoms with van der Waals surface area (Å²) >= 11 is 5.94. The number of benzene rings is 2. The van der Waals surface area contributed by atoms with Crippen LogP contribution in [0.25, 0.3) is 16.9 Å². The molecule has 0 bridgehead atoms. The van der Waals surface area contributed by atoms with Gasteiger partial charge >= 0.3 is 5.69 Å². The van der Waals surface area contributed by atoms with Gasteiger partial charge in [-0.15, -0.1) is 0 Å². The number of imidazole rings is 1. The molecule has 0 spiro atoms. The Labute approximate surface area is 200 Å². The van der Waals surface area contributed by atoms with Crippen molar-refractivity contribution < 1.29 is 9.53 Å². The van der Waals surface area contributed by atoms with Gasteiger partial charge in [0.25, 0.3) is 5.56 Å². The zero-order valence-electron chi connectivity index (χ0n) is 18.6. The van der Waals surface area contributed by atoms with E-state index in [9.17, 15) is 14.4 Å². The van der Waals surface area contributed by atoms with Crippen molar-refractivity contribution in [1.82, 2.24) is 18.7 Å². The topological polar surface area (TPSA) is 88.1 Å². The van der Waals surface area contributed by atoms with Crippen LogP contribution in [-0.2, 0) is 17.8 Å². The lowest BCUT2D eigenvalue weighted by Gasteiger charge is -2.16. The molecule has 2 aromatic carbocycles. The molecule has 8 nitrogen and oxygen atoms in total. The largest absolute Gasteiger partial charge is 0.376 e. The van der Waals surface area contributed by atoms with Gasteiger partial charge in [-0.1, -0.05) is 29.8 Å². The summed E-state index contributed by atoms with van der Waals surface area (Å²) in [7, 11) is 0. The van der Waals surface area contributed by atoms with Crippen molar-refractivity contribution in [1.29, 1.82) is 0 Å². The van der Waals surface area contributed by atoms with Crippen LogP contribution in [0, 0.1) is 6.92 Å². The molecule has 1 aliphatic heterocycles. The third kappa shape index (κ3) is 3.99. The fourth-order valence-electron chi connectivity index (χ4n) is 4.37. The van der Waals surface area contributed by atoms with Crippen molar-refractivity contribution in [2.45, 2.75) is 39.0 Å². The van der Waals surface area contributed by atoms with E-state index >= 15 is 0 Å². The van der Waals surface area contributed by atoms with Crippen LogP contribution in [0.5, 0.6) is 0 Å². The van der Waals surface area contributed by atoms with E-state index in [4.69, 9.17) is 16.3 Å². The average molecular weight is 479 g/mol. The minimum atomic E-state index is -0.484. The lowest BCUT2D eigenvalue weighted by Crippen LogP contribution is -2.42. The third-order valence-corrected chi connectivity index (χ3v) is 6.40. The van der Waals surface area contributed by atoms with Crippen LogP contribution >= 0.6 is 11.6 Å². The molecule has 5 rings (SSSR count). The van der Waals surface area contributed by atoms with Crippen molar-refractivity contribution in [2.75, 3.05) is 6.61 Å². The van der Waals surface area contributed by atoms with Gasteiger partial charge < -0.3 is 9.30 Å². The van der Waals surface area contributed by atoms with Crippen LogP contribution in [0.4, 0.5) is 0 Å². The molecule has 0 amide bonds. The molecule has 0 saturated carbocycles. The van der Waals surface area contributed by atoms with Crippen LogP contribution in [0.1, 0.15) is 28.8 Å². The quantitative estimate of drug-likeness (QED) is 0.396. The van der Waals surface area contributed by atoms with Crippen LogP contribution in [0.3, 0.4) is 0 Å². The van der Waals surface area contributed by atoms with E-state index in [1.807, 2.05) is 31.2 Å². The maximum Gasteiger partial charge on any atom is 0.337 e. The summed E-state index contributed by atoms with van der Waals surface area (Å²) in [6, 6.07) is 14.0. The lowest BCUT2D eigenvalue weighted by atomic mass is 10.1. The molecular formula is C25H23ClN4O4. The number of para-hydroxylation sites is 1. The number of carbonyl (C=O) groups is 1. The second-order valence-electron chi connectivity index (χ2n) is 8.43. The Hall–Kier alpha value is -3.49. The molecule has 1 atom stereocenters. The van der Waals surface area contributed by atoms with E-state index in [1.54, 1.807) is 24.3 Å². The van der Waals surface area contributed by atoms with Crippen LogP contribution in [0.2, 0.25) is 5.02 Å². The Balaban J connectivity index is 1.68. The lowest BCUT2D eigenvalue weighted by molar-refractivity contribution is 0.0947. The maximum atomic E-state index is 13.6. The summed E-state index contributed by atoms with van der Waals surface area (Å²) in [5.74, 6) is -0.199. The van der Waals surface area contributed by atoms with Gasteiger partial charge in [0, 0.05) is 17.2 Å². The van der Waals surface area contributed by atoms with E-state index < -0.39 is 11.2 Å². The minimum Gasteiger partial charge on any atom is -0.376 e. The smallest absolute Gasteiger partial charge is 0.337 e. The standard InChI is InChI=1S/C25H23ClN4O4/c1-16-5-2-3-7-20(16)30-23-22(24(32)29(25(30)33)13-19-6-4-12-34-19)28(15-27-23)14-21(31)17-8-10-18(26)11-9-17/h2-3,5,7-11,15,19H,4,6,12-14H2,1H3/t19-/m0/s1. The van der Waals surface area contributed by atoms with Gasteiger partial charge in [0.1, 0.15) is 0 Å². The van der Waals surface area contributed by atoms with Gasteiger partial charge in [-0.25, -0.2) is 14.3 Å². The molecule has 0 aliphatic carbocycles. The van der Waals surface area contributed by atoms with E-state index in [0.717, 1.165) is 18.4 Å². The second kappa shape index (κ2) is 9.04. The van der Waals surface area contributed by atoms with Crippen LogP contribution in [-0.4, -0.2) is 37.2 Å². The number of nitrogens with zero attached hydrogens (tertiary/aromatic N) is 4. The van der Waals surface area contributed by atoms with Gasteiger partial charge in [0.2, 0.25) is 0 Å². The average Bonchev–Trinajstić information content (AvgIpc) is 3.49. The Morgan fingerprint density at radius 2 is 1.91 bits per heavy atom. The van der Waals surface area contributed by atoms with E-state index in [1.165, 1.54) is 20.0 Å². The molecule has 1 fully saturated rings. The van der Waals surface area contributed by atoms with Crippen LogP contribution < -0.4 is 11.2 Å². The molecule has 0 N–H and O–H groups in total. The molecular weight excluding hydrogens is 456 g/mol. The summed E-state index contributed by atoms with van der Waals surface area (Å²) < 4.78 is 9.86. The number of rotatable bonds is 6. The number of fused-ring (bicyclic) bond motifs is 1. The van der Waals surface area contributed by atoms with Crippen molar-refractivity contribution in [3.05, 3.63) is 91.8 Å². The minimum absolute atomic E-state index is 0.0979. The number of aromatic nitrogens is 4. The Morgan fingerprint density at radius 3 is 2.62 bits per heavy atom. The number of halogens is 1. The van der Waals surface area contributed by atoms with Gasteiger partial charge in [-0.3, -0.25) is 14.2 Å². The van der Waals surface area contributed by atoms with Crippen molar-refractivity contribution in [3.63, 3.8) is 0 Å². The summed E-state index contributed by atoms with van der Waals surface area (Å²) in [5.41, 5.74) is 1.42. The van der Waals surface area contributed by atoms with Crippen molar-refractivity contribution >= 4 is 28.5 Å². The summed E-state index contributed by atoms with van der Waals surface area (Å²) in [6.07, 6.45) is 2.90. The maximum absolute atomic E-state index is 13.6. The van der Waals surface area contributed by atoms with Gasteiger partial charge in [-0.2, -0.15) is 0 Å². The Morgan fingerprint density at radius 1 is 1.15 bits per heavy atom. The zero-order valence-corrected chi connectivity index (χ0v) is 19.4. The second-order valence-corrected chi connectivity index (χ2v) is 8.87. The molecule has 0 radical (unpaired) electrons. The first-order valence-electron chi connectivity index (χ1n) is 11.1. The molecule has 174 valence electrons. The van der Waals surface area contributed by atoms with Crippen molar-refractivity contribution in [2.24, 2.45) is 0 Å². The Bertz CT molecular complexity index is 1490. The molecule has 3 heterocycles. The number of aryl methyl sites for hydroxylation is 1. The first-order valence-corrected chi connectivity index (χ1v) is 11.5. The molecule has 9 heteroatoms. The van der Waals surface area contributed by atoms with E-state index in [2.05, 4.69) is 4.98 Å².